The normalized spacial score (nSPS) is 20.0. The maximum Gasteiger partial charge on any atom is 0.272 e. The topological polar surface area (TPSA) is 69.3 Å². The van der Waals surface area contributed by atoms with Crippen molar-refractivity contribution in [2.75, 3.05) is 20.1 Å². The Hall–Kier alpha value is -3.50. The van der Waals surface area contributed by atoms with E-state index in [2.05, 4.69) is 34.0 Å². The van der Waals surface area contributed by atoms with Gasteiger partial charge in [0.2, 0.25) is 0 Å². The number of amides is 1. The molecule has 33 heavy (non-hydrogen) atoms. The molecule has 6 nitrogen and oxygen atoms in total. The van der Waals surface area contributed by atoms with Crippen LogP contribution in [0.2, 0.25) is 0 Å². The molecule has 2 fully saturated rings. The predicted molar refractivity (Wildman–Crippen MR) is 125 cm³/mol. The van der Waals surface area contributed by atoms with Crippen LogP contribution in [0, 0.1) is 17.7 Å². The molecule has 7 heteroatoms. The fourth-order valence-corrected chi connectivity index (χ4v) is 5.07. The summed E-state index contributed by atoms with van der Waals surface area (Å²) in [6, 6.07) is 10.7. The van der Waals surface area contributed by atoms with Crippen molar-refractivity contribution >= 4 is 16.7 Å². The van der Waals surface area contributed by atoms with E-state index in [4.69, 9.17) is 0 Å². The largest absolute Gasteiger partial charge is 0.335 e. The monoisotopic (exact) mass is 444 g/mol. The quantitative estimate of drug-likeness (QED) is 0.631. The van der Waals surface area contributed by atoms with Crippen molar-refractivity contribution in [3.63, 3.8) is 0 Å². The van der Waals surface area contributed by atoms with Crippen molar-refractivity contribution in [3.05, 3.63) is 75.0 Å². The van der Waals surface area contributed by atoms with Crippen molar-refractivity contribution in [3.8, 4) is 11.8 Å². The lowest BCUT2D eigenvalue weighted by molar-refractivity contribution is 0.0519. The Morgan fingerprint density at radius 3 is 2.64 bits per heavy atom. The van der Waals surface area contributed by atoms with Crippen LogP contribution in [0.5, 0.6) is 0 Å². The van der Waals surface area contributed by atoms with Crippen LogP contribution < -0.4 is 5.56 Å². The van der Waals surface area contributed by atoms with Gasteiger partial charge in [-0.3, -0.25) is 14.5 Å². The molecule has 1 amide bonds. The van der Waals surface area contributed by atoms with E-state index in [9.17, 15) is 14.0 Å². The van der Waals surface area contributed by atoms with Crippen LogP contribution in [0.15, 0.2) is 41.2 Å². The molecule has 2 unspecified atom stereocenters. The fourth-order valence-electron chi connectivity index (χ4n) is 5.07. The van der Waals surface area contributed by atoms with Crippen molar-refractivity contribution in [2.45, 2.75) is 38.3 Å². The maximum atomic E-state index is 14.7. The van der Waals surface area contributed by atoms with Crippen LogP contribution in [-0.4, -0.2) is 58.1 Å². The van der Waals surface area contributed by atoms with Gasteiger partial charge in [0.25, 0.3) is 11.5 Å². The number of hydrogen-bond donors (Lipinski definition) is 1. The highest BCUT2D eigenvalue weighted by atomic mass is 19.1. The Balaban J connectivity index is 1.46. The standard InChI is InChI=1S/C26H25FN4O2/c1-3-4-16-5-9-20-21(11-16)24(28-29-25(20)32)13-17-6-10-23(27)22(12-17)26(33)31-14-18-7-8-19(15-31)30(18)2/h5-6,9-12,18-19H,7-8,13-15H2,1-2H3,(H,29,32). The first-order valence-electron chi connectivity index (χ1n) is 11.2. The van der Waals surface area contributed by atoms with Crippen LogP contribution in [0.4, 0.5) is 4.39 Å². The summed E-state index contributed by atoms with van der Waals surface area (Å²) < 4.78 is 14.7. The van der Waals surface area contributed by atoms with Crippen LogP contribution in [0.3, 0.4) is 0 Å². The molecule has 0 spiro atoms. The van der Waals surface area contributed by atoms with E-state index < -0.39 is 5.82 Å². The number of nitrogens with one attached hydrogen (secondary N) is 1. The van der Waals surface area contributed by atoms with Crippen molar-refractivity contribution < 1.29 is 9.18 Å². The van der Waals surface area contributed by atoms with Gasteiger partial charge in [0.15, 0.2) is 0 Å². The molecular weight excluding hydrogens is 419 g/mol. The summed E-state index contributed by atoms with van der Waals surface area (Å²) in [4.78, 5) is 29.6. The van der Waals surface area contributed by atoms with Gasteiger partial charge in [-0.2, -0.15) is 5.10 Å². The second-order valence-electron chi connectivity index (χ2n) is 8.89. The highest BCUT2D eigenvalue weighted by molar-refractivity contribution is 5.95. The van der Waals surface area contributed by atoms with E-state index in [-0.39, 0.29) is 17.0 Å². The third-order valence-corrected chi connectivity index (χ3v) is 6.90. The molecule has 1 aromatic heterocycles. The molecule has 0 radical (unpaired) electrons. The second-order valence-corrected chi connectivity index (χ2v) is 8.89. The molecule has 0 aliphatic carbocycles. The van der Waals surface area contributed by atoms with E-state index in [1.807, 2.05) is 6.07 Å². The minimum atomic E-state index is -0.519. The zero-order valence-electron chi connectivity index (χ0n) is 18.7. The Morgan fingerprint density at radius 2 is 1.91 bits per heavy atom. The van der Waals surface area contributed by atoms with E-state index in [0.717, 1.165) is 24.0 Å². The molecule has 0 saturated carbocycles. The molecular formula is C26H25FN4O2. The first-order chi connectivity index (χ1) is 15.9. The molecule has 3 aromatic rings. The van der Waals surface area contributed by atoms with Crippen molar-refractivity contribution in [1.29, 1.82) is 0 Å². The van der Waals surface area contributed by atoms with Crippen LogP contribution in [0.1, 0.15) is 46.9 Å². The minimum Gasteiger partial charge on any atom is -0.335 e. The van der Waals surface area contributed by atoms with Crippen molar-refractivity contribution in [2.24, 2.45) is 0 Å². The van der Waals surface area contributed by atoms with E-state index in [1.165, 1.54) is 6.07 Å². The Bertz CT molecular complexity index is 1360. The zero-order chi connectivity index (χ0) is 23.1. The van der Waals surface area contributed by atoms with Gasteiger partial charge in [0.05, 0.1) is 16.6 Å². The molecule has 2 aromatic carbocycles. The summed E-state index contributed by atoms with van der Waals surface area (Å²) in [7, 11) is 2.10. The summed E-state index contributed by atoms with van der Waals surface area (Å²) in [6.07, 6.45) is 2.50. The number of aromatic amines is 1. The highest BCUT2D eigenvalue weighted by Crippen LogP contribution is 2.29. The summed E-state index contributed by atoms with van der Waals surface area (Å²) in [5.41, 5.74) is 2.00. The SMILES string of the molecule is CC#Cc1ccc2c(=O)[nH]nc(Cc3ccc(F)c(C(=O)N4CC5CCC(C4)N5C)c3)c2c1. The molecule has 168 valence electrons. The molecule has 2 aliphatic heterocycles. The molecule has 5 rings (SSSR count). The van der Waals surface area contributed by atoms with Crippen LogP contribution >= 0.6 is 0 Å². The highest BCUT2D eigenvalue weighted by Gasteiger charge is 2.39. The number of piperazine rings is 1. The number of fused-ring (bicyclic) bond motifs is 3. The zero-order valence-corrected chi connectivity index (χ0v) is 18.7. The first kappa shape index (κ1) is 21.4. The molecule has 2 aliphatic rings. The van der Waals surface area contributed by atoms with Crippen molar-refractivity contribution in [1.82, 2.24) is 20.0 Å². The van der Waals surface area contributed by atoms with E-state index >= 15 is 0 Å². The predicted octanol–water partition coefficient (Wildman–Crippen LogP) is 2.94. The van der Waals surface area contributed by atoms with E-state index in [1.54, 1.807) is 36.1 Å². The average molecular weight is 445 g/mol. The number of H-pyrrole nitrogens is 1. The van der Waals surface area contributed by atoms with Gasteiger partial charge in [-0.05, 0) is 62.7 Å². The number of aromatic nitrogens is 2. The lowest BCUT2D eigenvalue weighted by atomic mass is 10.0. The fraction of sp³-hybridized carbons (Fsp3) is 0.346. The average Bonchev–Trinajstić information content (AvgIpc) is 3.01. The van der Waals surface area contributed by atoms with Gasteiger partial charge in [-0.25, -0.2) is 9.49 Å². The summed E-state index contributed by atoms with van der Waals surface area (Å²) in [5, 5.41) is 8.01. The third kappa shape index (κ3) is 3.91. The molecule has 2 atom stereocenters. The number of likely N-dealkylation sites (tertiary alicyclic amines) is 1. The smallest absolute Gasteiger partial charge is 0.272 e. The minimum absolute atomic E-state index is 0.0859. The Labute approximate surface area is 191 Å². The number of halogens is 1. The van der Waals surface area contributed by atoms with Crippen LogP contribution in [-0.2, 0) is 6.42 Å². The van der Waals surface area contributed by atoms with Gasteiger partial charge in [0.1, 0.15) is 5.82 Å². The molecule has 1 N–H and O–H groups in total. The second kappa shape index (κ2) is 8.45. The number of benzene rings is 2. The summed E-state index contributed by atoms with van der Waals surface area (Å²) >= 11 is 0. The van der Waals surface area contributed by atoms with Gasteiger partial charge >= 0.3 is 0 Å². The lowest BCUT2D eigenvalue weighted by Crippen LogP contribution is -2.53. The molecule has 2 bridgehead atoms. The summed E-state index contributed by atoms with van der Waals surface area (Å²) in [5.74, 6) is 5.08. The lowest BCUT2D eigenvalue weighted by Gasteiger charge is -2.39. The van der Waals surface area contributed by atoms with Gasteiger partial charge in [-0.15, -0.1) is 5.92 Å². The number of carbonyl (C=O) groups is 1. The van der Waals surface area contributed by atoms with Gasteiger partial charge in [-0.1, -0.05) is 12.0 Å². The van der Waals surface area contributed by atoms with E-state index in [0.29, 0.717) is 48.1 Å². The molecule has 2 saturated heterocycles. The Morgan fingerprint density at radius 1 is 1.15 bits per heavy atom. The maximum absolute atomic E-state index is 14.7. The van der Waals surface area contributed by atoms with Gasteiger partial charge < -0.3 is 4.90 Å². The first-order valence-corrected chi connectivity index (χ1v) is 11.2. The third-order valence-electron chi connectivity index (χ3n) is 6.90. The number of rotatable bonds is 3. The number of likely N-dealkylation sites (N-methyl/N-ethyl adjacent to an activating group) is 1. The number of nitrogens with zero attached hydrogens (tertiary/aromatic N) is 3. The van der Waals surface area contributed by atoms with Gasteiger partial charge in [0, 0.05) is 42.5 Å². The Kier molecular flexibility index (Phi) is 5.47. The number of hydrogen-bond acceptors (Lipinski definition) is 4. The van der Waals surface area contributed by atoms with Crippen LogP contribution in [0.25, 0.3) is 10.8 Å². The molecule has 3 heterocycles. The number of carbonyl (C=O) groups excluding carboxylic acids is 1. The summed E-state index contributed by atoms with van der Waals surface area (Å²) in [6.45, 7) is 3.01.